The van der Waals surface area contributed by atoms with Crippen LogP contribution in [0.5, 0.6) is 0 Å². The predicted octanol–water partition coefficient (Wildman–Crippen LogP) is 2.55. The molecular formula is C14H19N5O2S. The summed E-state index contributed by atoms with van der Waals surface area (Å²) in [6.07, 6.45) is 4.66. The van der Waals surface area contributed by atoms with Gasteiger partial charge in [0.15, 0.2) is 5.82 Å². The van der Waals surface area contributed by atoms with Gasteiger partial charge < -0.3 is 9.42 Å². The normalized spacial score (nSPS) is 18.6. The zero-order valence-electron chi connectivity index (χ0n) is 12.8. The van der Waals surface area contributed by atoms with Crippen LogP contribution in [0.25, 0.3) is 0 Å². The van der Waals surface area contributed by atoms with E-state index >= 15 is 0 Å². The van der Waals surface area contributed by atoms with E-state index in [1.165, 1.54) is 0 Å². The number of hydrogen-bond donors (Lipinski definition) is 0. The topological polar surface area (TPSA) is 85.0 Å². The summed E-state index contributed by atoms with van der Waals surface area (Å²) >= 11 is 1.14. The third-order valence-corrected chi connectivity index (χ3v) is 4.67. The minimum atomic E-state index is -0.138. The SMILES string of the molecule is CCCc1noc(C2CCCCN2C(=O)c2snnc2C)n1. The molecule has 0 spiro atoms. The Hall–Kier alpha value is -1.83. The summed E-state index contributed by atoms with van der Waals surface area (Å²) in [5.41, 5.74) is 0.677. The molecular weight excluding hydrogens is 302 g/mol. The average Bonchev–Trinajstić information content (AvgIpc) is 3.16. The van der Waals surface area contributed by atoms with Gasteiger partial charge >= 0.3 is 0 Å². The molecule has 0 saturated carbocycles. The molecule has 1 saturated heterocycles. The molecule has 118 valence electrons. The van der Waals surface area contributed by atoms with Crippen LogP contribution in [-0.4, -0.2) is 37.1 Å². The van der Waals surface area contributed by atoms with Crippen molar-refractivity contribution in [3.63, 3.8) is 0 Å². The average molecular weight is 321 g/mol. The Bertz CT molecular complexity index is 653. The number of amides is 1. The molecule has 0 aliphatic carbocycles. The summed E-state index contributed by atoms with van der Waals surface area (Å²) < 4.78 is 9.26. The number of carbonyl (C=O) groups excluding carboxylic acids is 1. The maximum atomic E-state index is 12.8. The molecule has 7 nitrogen and oxygen atoms in total. The van der Waals surface area contributed by atoms with Gasteiger partial charge in [-0.2, -0.15) is 4.98 Å². The maximum absolute atomic E-state index is 12.8. The first kappa shape index (κ1) is 15.1. The van der Waals surface area contributed by atoms with Crippen molar-refractivity contribution in [2.75, 3.05) is 6.54 Å². The Labute approximate surface area is 132 Å². The standard InChI is InChI=1S/C14H19N5O2S/c1-3-6-11-15-13(21-17-11)10-7-4-5-8-19(10)14(20)12-9(2)16-18-22-12/h10H,3-8H2,1-2H3. The molecule has 2 aromatic heterocycles. The van der Waals surface area contributed by atoms with E-state index in [9.17, 15) is 4.79 Å². The lowest BCUT2D eigenvalue weighted by Crippen LogP contribution is -2.38. The van der Waals surface area contributed by atoms with Crippen molar-refractivity contribution in [1.29, 1.82) is 0 Å². The largest absolute Gasteiger partial charge is 0.337 e. The van der Waals surface area contributed by atoms with Gasteiger partial charge in [0.2, 0.25) is 5.89 Å². The lowest BCUT2D eigenvalue weighted by molar-refractivity contribution is 0.0565. The van der Waals surface area contributed by atoms with Crippen LogP contribution in [0.1, 0.15) is 65.7 Å². The first-order chi connectivity index (χ1) is 10.7. The van der Waals surface area contributed by atoms with Crippen molar-refractivity contribution in [3.05, 3.63) is 22.3 Å². The van der Waals surface area contributed by atoms with Crippen molar-refractivity contribution in [2.45, 2.75) is 52.0 Å². The van der Waals surface area contributed by atoms with Crippen LogP contribution in [0.15, 0.2) is 4.52 Å². The second-order valence-electron chi connectivity index (χ2n) is 5.50. The Morgan fingerprint density at radius 1 is 1.45 bits per heavy atom. The summed E-state index contributed by atoms with van der Waals surface area (Å²) in [5, 5.41) is 7.94. The lowest BCUT2D eigenvalue weighted by Gasteiger charge is -2.33. The number of aryl methyl sites for hydroxylation is 2. The molecule has 8 heteroatoms. The van der Waals surface area contributed by atoms with Crippen molar-refractivity contribution in [3.8, 4) is 0 Å². The number of carbonyl (C=O) groups is 1. The van der Waals surface area contributed by atoms with Gasteiger partial charge in [0.1, 0.15) is 10.9 Å². The fraction of sp³-hybridized carbons (Fsp3) is 0.643. The zero-order chi connectivity index (χ0) is 15.5. The Balaban J connectivity index is 1.84. The highest BCUT2D eigenvalue weighted by molar-refractivity contribution is 7.07. The molecule has 1 atom stereocenters. The molecule has 0 aromatic carbocycles. The smallest absolute Gasteiger partial charge is 0.268 e. The van der Waals surface area contributed by atoms with Crippen LogP contribution in [0.3, 0.4) is 0 Å². The highest BCUT2D eigenvalue weighted by atomic mass is 32.1. The van der Waals surface area contributed by atoms with Crippen LogP contribution >= 0.6 is 11.5 Å². The van der Waals surface area contributed by atoms with Gasteiger partial charge in [-0.3, -0.25) is 4.79 Å². The number of rotatable bonds is 4. The first-order valence-corrected chi connectivity index (χ1v) is 8.40. The van der Waals surface area contributed by atoms with Gasteiger partial charge in [0, 0.05) is 13.0 Å². The fourth-order valence-corrected chi connectivity index (χ4v) is 3.33. The van der Waals surface area contributed by atoms with Gasteiger partial charge in [-0.25, -0.2) is 0 Å². The maximum Gasteiger partial charge on any atom is 0.268 e. The van der Waals surface area contributed by atoms with E-state index in [1.54, 1.807) is 0 Å². The molecule has 2 aromatic rings. The van der Waals surface area contributed by atoms with Crippen LogP contribution in [-0.2, 0) is 6.42 Å². The molecule has 0 bridgehead atoms. The molecule has 3 heterocycles. The molecule has 1 unspecified atom stereocenters. The molecule has 0 radical (unpaired) electrons. The van der Waals surface area contributed by atoms with Crippen LogP contribution in [0, 0.1) is 6.92 Å². The van der Waals surface area contributed by atoms with E-state index in [0.717, 1.165) is 43.6 Å². The second-order valence-corrected chi connectivity index (χ2v) is 6.25. The van der Waals surface area contributed by atoms with E-state index < -0.39 is 0 Å². The molecule has 22 heavy (non-hydrogen) atoms. The van der Waals surface area contributed by atoms with Crippen LogP contribution in [0.4, 0.5) is 0 Å². The van der Waals surface area contributed by atoms with E-state index in [1.807, 2.05) is 11.8 Å². The molecule has 3 rings (SSSR count). The molecule has 1 fully saturated rings. The third-order valence-electron chi connectivity index (χ3n) is 3.85. The highest BCUT2D eigenvalue weighted by Crippen LogP contribution is 2.32. The van der Waals surface area contributed by atoms with Gasteiger partial charge in [-0.1, -0.05) is 16.6 Å². The van der Waals surface area contributed by atoms with Crippen molar-refractivity contribution in [2.24, 2.45) is 0 Å². The number of nitrogens with zero attached hydrogens (tertiary/aromatic N) is 5. The number of hydrogen-bond acceptors (Lipinski definition) is 7. The third kappa shape index (κ3) is 2.87. The number of piperidine rings is 1. The van der Waals surface area contributed by atoms with E-state index in [2.05, 4.69) is 26.7 Å². The zero-order valence-corrected chi connectivity index (χ0v) is 13.6. The molecule has 1 aliphatic rings. The summed E-state index contributed by atoms with van der Waals surface area (Å²) in [7, 11) is 0. The summed E-state index contributed by atoms with van der Waals surface area (Å²) in [5.74, 6) is 1.23. The number of likely N-dealkylation sites (tertiary alicyclic amines) is 1. The van der Waals surface area contributed by atoms with Gasteiger partial charge in [-0.15, -0.1) is 5.10 Å². The summed E-state index contributed by atoms with van der Waals surface area (Å²) in [6.45, 7) is 4.58. The minimum Gasteiger partial charge on any atom is -0.337 e. The Kier molecular flexibility index (Phi) is 4.47. The Morgan fingerprint density at radius 2 is 2.32 bits per heavy atom. The first-order valence-electron chi connectivity index (χ1n) is 7.63. The second kappa shape index (κ2) is 6.51. The fourth-order valence-electron chi connectivity index (χ4n) is 2.72. The van der Waals surface area contributed by atoms with E-state index in [-0.39, 0.29) is 11.9 Å². The molecule has 1 amide bonds. The monoisotopic (exact) mass is 321 g/mol. The highest BCUT2D eigenvalue weighted by Gasteiger charge is 2.34. The van der Waals surface area contributed by atoms with E-state index in [0.29, 0.717) is 28.8 Å². The lowest BCUT2D eigenvalue weighted by atomic mass is 10.0. The summed E-state index contributed by atoms with van der Waals surface area (Å²) in [4.78, 5) is 19.7. The van der Waals surface area contributed by atoms with Crippen molar-refractivity contribution < 1.29 is 9.32 Å². The predicted molar refractivity (Wildman–Crippen MR) is 80.6 cm³/mol. The minimum absolute atomic E-state index is 0.0348. The van der Waals surface area contributed by atoms with Crippen molar-refractivity contribution in [1.82, 2.24) is 24.6 Å². The van der Waals surface area contributed by atoms with Crippen LogP contribution < -0.4 is 0 Å². The van der Waals surface area contributed by atoms with E-state index in [4.69, 9.17) is 4.52 Å². The molecule has 1 aliphatic heterocycles. The van der Waals surface area contributed by atoms with Crippen LogP contribution in [0.2, 0.25) is 0 Å². The number of aromatic nitrogens is 4. The van der Waals surface area contributed by atoms with Gasteiger partial charge in [0.25, 0.3) is 5.91 Å². The van der Waals surface area contributed by atoms with Crippen molar-refractivity contribution >= 4 is 17.4 Å². The van der Waals surface area contributed by atoms with Gasteiger partial charge in [0.05, 0.1) is 5.69 Å². The Morgan fingerprint density at radius 3 is 3.05 bits per heavy atom. The quantitative estimate of drug-likeness (QED) is 0.860. The molecule has 0 N–H and O–H groups in total. The van der Waals surface area contributed by atoms with Gasteiger partial charge in [-0.05, 0) is 44.1 Å². The summed E-state index contributed by atoms with van der Waals surface area (Å²) in [6, 6.07) is -0.138.